The van der Waals surface area contributed by atoms with E-state index in [-0.39, 0.29) is 5.91 Å². The molecule has 164 valence electrons. The van der Waals surface area contributed by atoms with Crippen molar-refractivity contribution in [2.24, 2.45) is 0 Å². The highest BCUT2D eigenvalue weighted by atomic mass is 16.1. The highest BCUT2D eigenvalue weighted by Gasteiger charge is 2.14. The minimum Gasteiger partial charge on any atom is -0.337 e. The molecule has 4 aromatic heterocycles. The third-order valence-electron chi connectivity index (χ3n) is 5.60. The molecule has 6 rings (SSSR count). The maximum absolute atomic E-state index is 12.5. The van der Waals surface area contributed by atoms with Gasteiger partial charge in [-0.3, -0.25) is 14.9 Å². The van der Waals surface area contributed by atoms with Gasteiger partial charge in [0.25, 0.3) is 0 Å². The quantitative estimate of drug-likeness (QED) is 0.355. The summed E-state index contributed by atoms with van der Waals surface area (Å²) in [6.07, 6.45) is 5.43. The number of hydrogen-bond acceptors (Lipinski definition) is 5. The first-order chi connectivity index (χ1) is 16.7. The van der Waals surface area contributed by atoms with Gasteiger partial charge in [0.05, 0.1) is 34.7 Å². The summed E-state index contributed by atoms with van der Waals surface area (Å²) in [7, 11) is 0. The Hall–Kier alpha value is -4.85. The van der Waals surface area contributed by atoms with E-state index < -0.39 is 0 Å². The van der Waals surface area contributed by atoms with E-state index in [1.54, 1.807) is 18.6 Å². The zero-order valence-corrected chi connectivity index (χ0v) is 18.0. The third-order valence-corrected chi connectivity index (χ3v) is 5.60. The van der Waals surface area contributed by atoms with Crippen LogP contribution in [0.2, 0.25) is 0 Å². The van der Waals surface area contributed by atoms with E-state index in [1.165, 1.54) is 0 Å². The van der Waals surface area contributed by atoms with Crippen LogP contribution in [0.25, 0.3) is 44.7 Å². The number of fused-ring (bicyclic) bond motifs is 2. The Bertz CT molecular complexity index is 1600. The van der Waals surface area contributed by atoms with Crippen LogP contribution in [0.15, 0.2) is 85.3 Å². The fraction of sp³-hybridized carbons (Fsp3) is 0.0385. The van der Waals surface area contributed by atoms with Gasteiger partial charge in [-0.05, 0) is 29.8 Å². The first-order valence-electron chi connectivity index (χ1n) is 10.8. The normalized spacial score (nSPS) is 11.2. The van der Waals surface area contributed by atoms with Crippen molar-refractivity contribution in [3.05, 3.63) is 90.9 Å². The van der Waals surface area contributed by atoms with Crippen molar-refractivity contribution in [3.8, 4) is 22.6 Å². The molecular weight excluding hydrogens is 426 g/mol. The number of benzene rings is 2. The van der Waals surface area contributed by atoms with Gasteiger partial charge in [0.15, 0.2) is 11.5 Å². The van der Waals surface area contributed by atoms with Crippen molar-refractivity contribution in [1.29, 1.82) is 0 Å². The molecular formula is C26H19N7O. The summed E-state index contributed by atoms with van der Waals surface area (Å²) in [5.74, 6) is 0.600. The fourth-order valence-corrected chi connectivity index (χ4v) is 3.96. The second kappa shape index (κ2) is 8.25. The van der Waals surface area contributed by atoms with E-state index in [0.29, 0.717) is 23.6 Å². The van der Waals surface area contributed by atoms with E-state index in [0.717, 1.165) is 38.8 Å². The van der Waals surface area contributed by atoms with E-state index in [1.807, 2.05) is 66.7 Å². The van der Waals surface area contributed by atoms with E-state index in [4.69, 9.17) is 0 Å². The van der Waals surface area contributed by atoms with E-state index in [2.05, 4.69) is 35.5 Å². The average Bonchev–Trinajstić information content (AvgIpc) is 3.48. The largest absolute Gasteiger partial charge is 0.337 e. The van der Waals surface area contributed by atoms with Gasteiger partial charge < -0.3 is 10.3 Å². The van der Waals surface area contributed by atoms with Crippen LogP contribution in [-0.2, 0) is 11.2 Å². The molecule has 6 aromatic rings. The molecule has 0 aliphatic heterocycles. The van der Waals surface area contributed by atoms with Gasteiger partial charge in [0.2, 0.25) is 5.91 Å². The average molecular weight is 445 g/mol. The predicted octanol–water partition coefficient (Wildman–Crippen LogP) is 4.74. The highest BCUT2D eigenvalue weighted by molar-refractivity contribution is 5.95. The van der Waals surface area contributed by atoms with Crippen LogP contribution in [0.1, 0.15) is 5.56 Å². The van der Waals surface area contributed by atoms with Gasteiger partial charge >= 0.3 is 0 Å². The lowest BCUT2D eigenvalue weighted by molar-refractivity contribution is -0.115. The lowest BCUT2D eigenvalue weighted by atomic mass is 10.1. The molecule has 0 spiro atoms. The van der Waals surface area contributed by atoms with Crippen molar-refractivity contribution >= 4 is 33.7 Å². The summed E-state index contributed by atoms with van der Waals surface area (Å²) in [4.78, 5) is 29.3. The molecule has 2 aromatic carbocycles. The third kappa shape index (κ3) is 3.77. The number of anilines is 1. The standard InChI is InChI=1S/C26H19N7O/c34-23(10-16-6-2-1-3-7-16)29-19-11-17(13-27-15-19)18-12-20-24(32-33-25(20)28-14-18)26-30-21-8-4-5-9-22(21)31-26/h1-9,11-15H,10H2,(H,29,34)(H,30,31)(H,28,32,33). The van der Waals surface area contributed by atoms with Gasteiger partial charge in [0.1, 0.15) is 5.69 Å². The molecule has 0 saturated heterocycles. The van der Waals surface area contributed by atoms with Crippen molar-refractivity contribution in [1.82, 2.24) is 30.1 Å². The number of imidazole rings is 1. The summed E-state index contributed by atoms with van der Waals surface area (Å²) in [6, 6.07) is 21.4. The van der Waals surface area contributed by atoms with Crippen LogP contribution in [0, 0.1) is 0 Å². The predicted molar refractivity (Wildman–Crippen MR) is 131 cm³/mol. The number of hydrogen-bond donors (Lipinski definition) is 3. The molecule has 0 unspecified atom stereocenters. The van der Waals surface area contributed by atoms with E-state index >= 15 is 0 Å². The number of nitrogens with zero attached hydrogens (tertiary/aromatic N) is 4. The molecule has 0 fully saturated rings. The summed E-state index contributed by atoms with van der Waals surface area (Å²) in [6.45, 7) is 0. The Morgan fingerprint density at radius 1 is 0.912 bits per heavy atom. The SMILES string of the molecule is O=C(Cc1ccccc1)Nc1cncc(-c2cnc3n[nH]c(-c4nc5ccccc5[nH]4)c3c2)c1. The molecule has 8 heteroatoms. The van der Waals surface area contributed by atoms with Crippen LogP contribution < -0.4 is 5.32 Å². The zero-order chi connectivity index (χ0) is 22.9. The molecule has 4 heterocycles. The Balaban J connectivity index is 1.30. The Kier molecular flexibility index (Phi) is 4.81. The zero-order valence-electron chi connectivity index (χ0n) is 18.0. The molecule has 0 aliphatic carbocycles. The lowest BCUT2D eigenvalue weighted by Crippen LogP contribution is -2.14. The molecule has 0 saturated carbocycles. The second-order valence-corrected chi connectivity index (χ2v) is 7.97. The number of nitrogens with one attached hydrogen (secondary N) is 3. The van der Waals surface area contributed by atoms with Crippen LogP contribution in [0.5, 0.6) is 0 Å². The molecule has 0 aliphatic rings. The topological polar surface area (TPSA) is 112 Å². The number of carbonyl (C=O) groups is 1. The minimum absolute atomic E-state index is 0.0965. The van der Waals surface area contributed by atoms with Crippen molar-refractivity contribution in [3.63, 3.8) is 0 Å². The van der Waals surface area contributed by atoms with Crippen LogP contribution in [0.4, 0.5) is 5.69 Å². The monoisotopic (exact) mass is 445 g/mol. The number of para-hydroxylation sites is 2. The van der Waals surface area contributed by atoms with Gasteiger partial charge in [-0.15, -0.1) is 0 Å². The Morgan fingerprint density at radius 3 is 2.62 bits per heavy atom. The van der Waals surface area contributed by atoms with Crippen LogP contribution >= 0.6 is 0 Å². The van der Waals surface area contributed by atoms with Gasteiger partial charge in [0, 0.05) is 23.5 Å². The molecule has 0 bridgehead atoms. The Labute approximate surface area is 194 Å². The molecule has 0 atom stereocenters. The Morgan fingerprint density at radius 2 is 1.74 bits per heavy atom. The second-order valence-electron chi connectivity index (χ2n) is 7.97. The van der Waals surface area contributed by atoms with Gasteiger partial charge in [-0.25, -0.2) is 9.97 Å². The van der Waals surface area contributed by atoms with Crippen molar-refractivity contribution < 1.29 is 4.79 Å². The highest BCUT2D eigenvalue weighted by Crippen LogP contribution is 2.29. The molecule has 1 amide bonds. The molecule has 8 nitrogen and oxygen atoms in total. The lowest BCUT2D eigenvalue weighted by Gasteiger charge is -2.07. The maximum atomic E-state index is 12.5. The van der Waals surface area contributed by atoms with Crippen molar-refractivity contribution in [2.75, 3.05) is 5.32 Å². The maximum Gasteiger partial charge on any atom is 0.228 e. The smallest absolute Gasteiger partial charge is 0.228 e. The van der Waals surface area contributed by atoms with Crippen LogP contribution in [0.3, 0.4) is 0 Å². The summed E-state index contributed by atoms with van der Waals surface area (Å²) < 4.78 is 0. The number of pyridine rings is 2. The molecule has 3 N–H and O–H groups in total. The molecule has 34 heavy (non-hydrogen) atoms. The minimum atomic E-state index is -0.0965. The van der Waals surface area contributed by atoms with Crippen molar-refractivity contribution in [2.45, 2.75) is 6.42 Å². The number of amides is 1. The number of carbonyl (C=O) groups excluding carboxylic acids is 1. The van der Waals surface area contributed by atoms with Gasteiger partial charge in [-0.2, -0.15) is 5.10 Å². The summed E-state index contributed by atoms with van der Waals surface area (Å²) >= 11 is 0. The summed E-state index contributed by atoms with van der Waals surface area (Å²) in [5, 5.41) is 11.2. The first kappa shape index (κ1) is 19.8. The number of rotatable bonds is 5. The number of H-pyrrole nitrogens is 2. The number of aromatic nitrogens is 6. The van der Waals surface area contributed by atoms with Gasteiger partial charge in [-0.1, -0.05) is 42.5 Å². The molecule has 0 radical (unpaired) electrons. The first-order valence-corrected chi connectivity index (χ1v) is 10.8. The van der Waals surface area contributed by atoms with Crippen LogP contribution in [-0.4, -0.2) is 36.0 Å². The fourth-order valence-electron chi connectivity index (χ4n) is 3.96. The van der Waals surface area contributed by atoms with E-state index in [9.17, 15) is 4.79 Å². The number of aromatic amines is 2. The summed E-state index contributed by atoms with van der Waals surface area (Å²) in [5.41, 5.74) is 6.47.